The summed E-state index contributed by atoms with van der Waals surface area (Å²) in [5.74, 6) is 0. The van der Waals surface area contributed by atoms with Crippen molar-refractivity contribution >= 4 is 43.1 Å². The molecule has 0 aromatic heterocycles. The van der Waals surface area contributed by atoms with Crippen LogP contribution in [0.15, 0.2) is 121 Å². The van der Waals surface area contributed by atoms with Gasteiger partial charge in [0.25, 0.3) is 0 Å². The topological polar surface area (TPSA) is 23.6 Å². The zero-order valence-corrected chi connectivity index (χ0v) is 24.0. The molecule has 3 nitrogen and oxygen atoms in total. The van der Waals surface area contributed by atoms with E-state index in [1.54, 1.807) is 0 Å². The third kappa shape index (κ3) is 5.70. The van der Waals surface area contributed by atoms with E-state index in [9.17, 15) is 4.79 Å². The number of hydrogen-bond acceptors (Lipinski definition) is 1. The van der Waals surface area contributed by atoms with Crippen LogP contribution >= 0.6 is 15.8 Å². The lowest BCUT2D eigenvalue weighted by atomic mass is 10.1. The maximum absolute atomic E-state index is 13.8. The summed E-state index contributed by atoms with van der Waals surface area (Å²) in [4.78, 5) is 18.1. The molecular formula is C33H36N2OP2. The Labute approximate surface area is 230 Å². The number of rotatable bonds is 10. The molecule has 2 amide bonds. The zero-order chi connectivity index (χ0) is 26.3. The summed E-state index contributed by atoms with van der Waals surface area (Å²) in [6.45, 7) is 5.73. The van der Waals surface area contributed by atoms with Gasteiger partial charge in [0.05, 0.1) is 12.1 Å². The molecule has 5 rings (SSSR count). The van der Waals surface area contributed by atoms with Crippen LogP contribution in [0.3, 0.4) is 0 Å². The molecule has 0 N–H and O–H groups in total. The van der Waals surface area contributed by atoms with Crippen LogP contribution in [0.2, 0.25) is 0 Å². The van der Waals surface area contributed by atoms with E-state index in [2.05, 4.69) is 145 Å². The minimum absolute atomic E-state index is 0.163. The Kier molecular flexibility index (Phi) is 8.90. The van der Waals surface area contributed by atoms with Crippen LogP contribution in [-0.4, -0.2) is 53.3 Å². The highest BCUT2D eigenvalue weighted by atomic mass is 31.1. The van der Waals surface area contributed by atoms with Crippen LogP contribution in [0.4, 0.5) is 4.79 Å². The fourth-order valence-electron chi connectivity index (χ4n) is 5.57. The summed E-state index contributed by atoms with van der Waals surface area (Å²) in [6, 6.07) is 44.1. The van der Waals surface area contributed by atoms with Crippen molar-refractivity contribution in [3.8, 4) is 0 Å². The maximum Gasteiger partial charge on any atom is 0.320 e. The fourth-order valence-corrected chi connectivity index (χ4v) is 10.8. The molecule has 1 saturated heterocycles. The lowest BCUT2D eigenvalue weighted by Crippen LogP contribution is -2.44. The van der Waals surface area contributed by atoms with Gasteiger partial charge >= 0.3 is 6.03 Å². The van der Waals surface area contributed by atoms with E-state index in [0.29, 0.717) is 0 Å². The standard InChI is InChI=1S/C33H36N2OP2/c1-3-34-31(25-37(27-17-9-5-10-18-27)28-19-11-6-12-20-28)32(35(4-2)33(34)36)26-38(29-21-13-7-14-22-29)30-23-15-8-16-24-30/h5-24,31-32H,3-4,25-26H2,1-2H3/t31-,32-/m1/s1. The fraction of sp³-hybridized carbons (Fsp3) is 0.242. The minimum Gasteiger partial charge on any atom is -0.319 e. The molecule has 4 aromatic rings. The second-order valence-corrected chi connectivity index (χ2v) is 14.1. The van der Waals surface area contributed by atoms with E-state index < -0.39 is 15.8 Å². The van der Waals surface area contributed by atoms with E-state index in [1.807, 2.05) is 0 Å². The SMILES string of the molecule is CCN1C(=O)N(CC)[C@H](CP(c2ccccc2)c2ccccc2)[C@H]1CP(c1ccccc1)c1ccccc1. The third-order valence-electron chi connectivity index (χ3n) is 7.43. The number of carbonyl (C=O) groups is 1. The number of amides is 2. The summed E-state index contributed by atoms with van der Waals surface area (Å²) in [5.41, 5.74) is 0. The number of likely N-dealkylation sites (N-methyl/N-ethyl adjacent to an activating group) is 2. The summed E-state index contributed by atoms with van der Waals surface area (Å²) in [6.07, 6.45) is 1.94. The van der Waals surface area contributed by atoms with Gasteiger partial charge in [-0.1, -0.05) is 121 Å². The summed E-state index contributed by atoms with van der Waals surface area (Å²) < 4.78 is 0. The predicted octanol–water partition coefficient (Wildman–Crippen LogP) is 5.77. The van der Waals surface area contributed by atoms with Gasteiger partial charge in [0.15, 0.2) is 0 Å². The first-order valence-electron chi connectivity index (χ1n) is 13.5. The van der Waals surface area contributed by atoms with Gasteiger partial charge in [0, 0.05) is 13.1 Å². The van der Waals surface area contributed by atoms with Crippen molar-refractivity contribution < 1.29 is 4.79 Å². The van der Waals surface area contributed by atoms with Crippen LogP contribution in [-0.2, 0) is 0 Å². The number of nitrogens with zero attached hydrogens (tertiary/aromatic N) is 2. The van der Waals surface area contributed by atoms with E-state index in [0.717, 1.165) is 25.4 Å². The lowest BCUT2D eigenvalue weighted by Gasteiger charge is -2.33. The van der Waals surface area contributed by atoms with E-state index >= 15 is 0 Å². The minimum atomic E-state index is -0.611. The monoisotopic (exact) mass is 538 g/mol. The molecule has 4 aromatic carbocycles. The van der Waals surface area contributed by atoms with Gasteiger partial charge in [-0.05, 0) is 63.2 Å². The second kappa shape index (κ2) is 12.7. The van der Waals surface area contributed by atoms with Crippen LogP contribution < -0.4 is 21.2 Å². The van der Waals surface area contributed by atoms with Crippen LogP contribution in [0, 0.1) is 0 Å². The largest absolute Gasteiger partial charge is 0.320 e. The zero-order valence-electron chi connectivity index (χ0n) is 22.2. The molecule has 2 atom stereocenters. The number of hydrogen-bond donors (Lipinski definition) is 0. The van der Waals surface area contributed by atoms with Gasteiger partial charge in [0.1, 0.15) is 0 Å². The molecule has 38 heavy (non-hydrogen) atoms. The highest BCUT2D eigenvalue weighted by Gasteiger charge is 2.46. The Bertz CT molecular complexity index is 1110. The first kappa shape index (κ1) is 26.6. The number of benzene rings is 4. The molecule has 1 aliphatic rings. The Balaban J connectivity index is 1.55. The van der Waals surface area contributed by atoms with Gasteiger partial charge < -0.3 is 9.80 Å². The molecule has 0 unspecified atom stereocenters. The van der Waals surface area contributed by atoms with E-state index in [4.69, 9.17) is 0 Å². The van der Waals surface area contributed by atoms with Crippen molar-refractivity contribution in [2.45, 2.75) is 25.9 Å². The summed E-state index contributed by atoms with van der Waals surface area (Å²) >= 11 is 0. The van der Waals surface area contributed by atoms with E-state index in [-0.39, 0.29) is 18.1 Å². The molecule has 1 fully saturated rings. The average Bonchev–Trinajstić information content (AvgIpc) is 3.25. The Morgan fingerprint density at radius 2 is 0.763 bits per heavy atom. The molecule has 194 valence electrons. The molecule has 1 heterocycles. The molecule has 0 saturated carbocycles. The van der Waals surface area contributed by atoms with E-state index in [1.165, 1.54) is 21.2 Å². The van der Waals surface area contributed by atoms with Gasteiger partial charge in [0.2, 0.25) is 0 Å². The maximum atomic E-state index is 13.8. The first-order chi connectivity index (χ1) is 18.7. The van der Waals surface area contributed by atoms with Crippen LogP contribution in [0.5, 0.6) is 0 Å². The van der Waals surface area contributed by atoms with Crippen molar-refractivity contribution in [3.05, 3.63) is 121 Å². The smallest absolute Gasteiger partial charge is 0.319 e. The molecule has 5 heteroatoms. The highest BCUT2D eigenvalue weighted by molar-refractivity contribution is 7.73. The van der Waals surface area contributed by atoms with Crippen molar-refractivity contribution in [1.29, 1.82) is 0 Å². The van der Waals surface area contributed by atoms with Gasteiger partial charge in [-0.25, -0.2) is 4.79 Å². The van der Waals surface area contributed by atoms with Gasteiger partial charge in [-0.15, -0.1) is 0 Å². The Hall–Kier alpha value is -2.99. The molecule has 1 aliphatic heterocycles. The summed E-state index contributed by atoms with van der Waals surface area (Å²) in [7, 11) is -1.22. The molecular weight excluding hydrogens is 502 g/mol. The first-order valence-corrected chi connectivity index (χ1v) is 16.6. The van der Waals surface area contributed by atoms with Crippen molar-refractivity contribution in [3.63, 3.8) is 0 Å². The van der Waals surface area contributed by atoms with Crippen molar-refractivity contribution in [1.82, 2.24) is 9.80 Å². The third-order valence-corrected chi connectivity index (χ3v) is 12.6. The Morgan fingerprint density at radius 3 is 1.00 bits per heavy atom. The Morgan fingerprint density at radius 1 is 0.500 bits per heavy atom. The number of carbonyl (C=O) groups excluding carboxylic acids is 1. The average molecular weight is 539 g/mol. The molecule has 0 bridgehead atoms. The van der Waals surface area contributed by atoms with Crippen LogP contribution in [0.25, 0.3) is 0 Å². The van der Waals surface area contributed by atoms with Crippen LogP contribution in [0.1, 0.15) is 13.8 Å². The molecule has 0 aliphatic carbocycles. The van der Waals surface area contributed by atoms with Crippen molar-refractivity contribution in [2.24, 2.45) is 0 Å². The van der Waals surface area contributed by atoms with Crippen molar-refractivity contribution in [2.75, 3.05) is 25.4 Å². The normalized spacial score (nSPS) is 17.5. The molecule has 0 radical (unpaired) electrons. The second-order valence-electron chi connectivity index (χ2n) is 9.55. The lowest BCUT2D eigenvalue weighted by molar-refractivity contribution is 0.189. The highest BCUT2D eigenvalue weighted by Crippen LogP contribution is 2.43. The predicted molar refractivity (Wildman–Crippen MR) is 166 cm³/mol. The summed E-state index contributed by atoms with van der Waals surface area (Å²) in [5, 5.41) is 5.50. The van der Waals surface area contributed by atoms with Gasteiger partial charge in [-0.2, -0.15) is 0 Å². The quantitative estimate of drug-likeness (QED) is 0.235. The number of urea groups is 1. The van der Waals surface area contributed by atoms with Gasteiger partial charge in [-0.3, -0.25) is 0 Å². The molecule has 0 spiro atoms.